The predicted octanol–water partition coefficient (Wildman–Crippen LogP) is 11.8. The molecule has 0 aliphatic heterocycles. The van der Waals surface area contributed by atoms with Crippen LogP contribution in [0.25, 0.3) is 0 Å². The van der Waals surface area contributed by atoms with E-state index >= 15 is 0 Å². The lowest BCUT2D eigenvalue weighted by molar-refractivity contribution is 0.702. The van der Waals surface area contributed by atoms with Crippen LogP contribution in [0.3, 0.4) is 0 Å². The van der Waals surface area contributed by atoms with Crippen molar-refractivity contribution in [3.05, 3.63) is 0 Å². The van der Waals surface area contributed by atoms with Crippen LogP contribution in [0.1, 0.15) is 158 Å². The lowest BCUT2D eigenvalue weighted by Gasteiger charge is -1.86. The van der Waals surface area contributed by atoms with Gasteiger partial charge in [-0.1, -0.05) is 158 Å². The molecule has 2 heteroatoms. The smallest absolute Gasteiger partial charge is 0.0967 e. The van der Waals surface area contributed by atoms with Gasteiger partial charge in [-0.05, 0) is 0 Å². The van der Waals surface area contributed by atoms with Gasteiger partial charge in [-0.25, -0.2) is 0 Å². The summed E-state index contributed by atoms with van der Waals surface area (Å²) in [7, 11) is 0. The van der Waals surface area contributed by atoms with Crippen LogP contribution in [0.15, 0.2) is 0 Å². The van der Waals surface area contributed by atoms with Crippen molar-refractivity contribution in [1.29, 1.82) is 0 Å². The normalized spacial score (nSPS) is 8.67. The Morgan fingerprint density at radius 1 is 0.296 bits per heavy atom. The van der Waals surface area contributed by atoms with Crippen LogP contribution in [-0.2, 0) is 0 Å². The third kappa shape index (κ3) is 101. The maximum Gasteiger partial charge on any atom is 0.0967 e. The van der Waals surface area contributed by atoms with Crippen molar-refractivity contribution < 1.29 is 0 Å². The number of halogens is 2. The number of hydrogen-bond donors (Lipinski definition) is 0. The SMILES string of the molecule is CCCCCC.CCCCCC.CCCCCC.CCCCCC.ClCCl. The maximum atomic E-state index is 4.76. The van der Waals surface area contributed by atoms with E-state index < -0.39 is 0 Å². The van der Waals surface area contributed by atoms with Crippen LogP contribution in [0, 0.1) is 0 Å². The largest absolute Gasteiger partial charge is 0.109 e. The van der Waals surface area contributed by atoms with Crippen LogP contribution in [0.4, 0.5) is 0 Å². The molecule has 0 heterocycles. The third-order valence-corrected chi connectivity index (χ3v) is 3.83. The standard InChI is InChI=1S/4C6H14.CH2Cl2/c4*1-3-5-6-4-2;2-1-3/h4*3-6H2,1-2H3;1H2. The van der Waals surface area contributed by atoms with Gasteiger partial charge in [-0.2, -0.15) is 0 Å². The van der Waals surface area contributed by atoms with Gasteiger partial charge < -0.3 is 0 Å². The second-order valence-corrected chi connectivity index (χ2v) is 7.74. The highest BCUT2D eigenvalue weighted by molar-refractivity contribution is 6.40. The van der Waals surface area contributed by atoms with Crippen molar-refractivity contribution in [1.82, 2.24) is 0 Å². The van der Waals surface area contributed by atoms with Gasteiger partial charge in [-0.15, -0.1) is 23.2 Å². The third-order valence-electron chi connectivity index (χ3n) is 3.83. The van der Waals surface area contributed by atoms with Crippen molar-refractivity contribution >= 4 is 23.2 Å². The van der Waals surface area contributed by atoms with E-state index in [4.69, 9.17) is 23.2 Å². The topological polar surface area (TPSA) is 0 Å². The molecule has 0 nitrogen and oxygen atoms in total. The Morgan fingerprint density at radius 3 is 0.407 bits per heavy atom. The molecule has 0 aromatic heterocycles. The van der Waals surface area contributed by atoms with Gasteiger partial charge in [0, 0.05) is 0 Å². The molecule has 0 atom stereocenters. The summed E-state index contributed by atoms with van der Waals surface area (Å²) in [5, 5.41) is 0.194. The molecule has 0 amide bonds. The van der Waals surface area contributed by atoms with Crippen LogP contribution in [-0.4, -0.2) is 5.34 Å². The molecule has 0 aromatic rings. The second kappa shape index (κ2) is 56.3. The first-order chi connectivity index (χ1) is 13.1. The average Bonchev–Trinajstić information content (AvgIpc) is 2.69. The van der Waals surface area contributed by atoms with E-state index in [1.165, 1.54) is 103 Å². The molecule has 0 saturated heterocycles. The van der Waals surface area contributed by atoms with Crippen LogP contribution in [0.2, 0.25) is 0 Å². The molecular weight excluding hydrogens is 371 g/mol. The molecule has 0 rings (SSSR count). The van der Waals surface area contributed by atoms with Crippen LogP contribution in [0.5, 0.6) is 0 Å². The molecule has 0 spiro atoms. The Labute approximate surface area is 186 Å². The first-order valence-corrected chi connectivity index (χ1v) is 13.3. The number of hydrogen-bond acceptors (Lipinski definition) is 0. The molecule has 0 fully saturated rings. The fourth-order valence-corrected chi connectivity index (χ4v) is 2.00. The van der Waals surface area contributed by atoms with E-state index in [-0.39, 0.29) is 5.34 Å². The molecule has 0 N–H and O–H groups in total. The van der Waals surface area contributed by atoms with E-state index in [0.29, 0.717) is 0 Å². The van der Waals surface area contributed by atoms with Crippen molar-refractivity contribution in [2.75, 3.05) is 5.34 Å². The highest BCUT2D eigenvalue weighted by atomic mass is 35.5. The summed E-state index contributed by atoms with van der Waals surface area (Å²) in [6.45, 7) is 17.9. The van der Waals surface area contributed by atoms with Gasteiger partial charge in [0.1, 0.15) is 0 Å². The monoisotopic (exact) mass is 428 g/mol. The zero-order chi connectivity index (χ0) is 22.0. The zero-order valence-electron chi connectivity index (χ0n) is 20.8. The van der Waals surface area contributed by atoms with Crippen molar-refractivity contribution in [2.45, 2.75) is 158 Å². The molecule has 0 aliphatic rings. The van der Waals surface area contributed by atoms with Crippen molar-refractivity contribution in [2.24, 2.45) is 0 Å². The Hall–Kier alpha value is 0.580. The highest BCUT2D eigenvalue weighted by Crippen LogP contribution is 1.97. The van der Waals surface area contributed by atoms with E-state index in [1.807, 2.05) is 0 Å². The minimum atomic E-state index is 0.194. The number of rotatable bonds is 12. The average molecular weight is 430 g/mol. The van der Waals surface area contributed by atoms with Crippen LogP contribution < -0.4 is 0 Å². The highest BCUT2D eigenvalue weighted by Gasteiger charge is 1.77. The molecule has 0 radical (unpaired) electrons. The first-order valence-electron chi connectivity index (χ1n) is 12.2. The van der Waals surface area contributed by atoms with E-state index in [9.17, 15) is 0 Å². The Balaban J connectivity index is -0.0000000760. The van der Waals surface area contributed by atoms with Gasteiger partial charge in [0.15, 0.2) is 0 Å². The molecule has 27 heavy (non-hydrogen) atoms. The summed E-state index contributed by atoms with van der Waals surface area (Å²) in [6.07, 6.45) is 22.1. The quantitative estimate of drug-likeness (QED) is 0.214. The molecule has 0 unspecified atom stereocenters. The van der Waals surface area contributed by atoms with Gasteiger partial charge in [0.2, 0.25) is 0 Å². The molecule has 0 bridgehead atoms. The first kappa shape index (κ1) is 38.2. The summed E-state index contributed by atoms with van der Waals surface area (Å²) in [4.78, 5) is 0. The maximum absolute atomic E-state index is 4.76. The van der Waals surface area contributed by atoms with Gasteiger partial charge in [0.25, 0.3) is 0 Å². The second-order valence-electron chi connectivity index (χ2n) is 6.93. The molecule has 172 valence electrons. The van der Waals surface area contributed by atoms with Crippen molar-refractivity contribution in [3.63, 3.8) is 0 Å². The Morgan fingerprint density at radius 2 is 0.370 bits per heavy atom. The lowest BCUT2D eigenvalue weighted by atomic mass is 10.2. The molecular formula is C25H58Cl2. The lowest BCUT2D eigenvalue weighted by Crippen LogP contribution is -1.66. The fourth-order valence-electron chi connectivity index (χ4n) is 2.00. The zero-order valence-corrected chi connectivity index (χ0v) is 22.3. The van der Waals surface area contributed by atoms with E-state index in [1.54, 1.807) is 0 Å². The van der Waals surface area contributed by atoms with Crippen molar-refractivity contribution in [3.8, 4) is 0 Å². The Kier molecular flexibility index (Phi) is 79.7. The van der Waals surface area contributed by atoms with Gasteiger partial charge in [0.05, 0.1) is 5.34 Å². The van der Waals surface area contributed by atoms with Gasteiger partial charge >= 0.3 is 0 Å². The summed E-state index contributed by atoms with van der Waals surface area (Å²) in [5.41, 5.74) is 0. The predicted molar refractivity (Wildman–Crippen MR) is 136 cm³/mol. The minimum absolute atomic E-state index is 0.194. The number of unbranched alkanes of at least 4 members (excludes halogenated alkanes) is 12. The number of alkyl halides is 2. The van der Waals surface area contributed by atoms with Crippen LogP contribution >= 0.6 is 23.2 Å². The van der Waals surface area contributed by atoms with Gasteiger partial charge in [-0.3, -0.25) is 0 Å². The van der Waals surface area contributed by atoms with E-state index in [2.05, 4.69) is 55.4 Å². The minimum Gasteiger partial charge on any atom is -0.109 e. The summed E-state index contributed by atoms with van der Waals surface area (Å²) < 4.78 is 0. The van der Waals surface area contributed by atoms with E-state index in [0.717, 1.165) is 0 Å². The fraction of sp³-hybridized carbons (Fsp3) is 1.00. The molecule has 0 saturated carbocycles. The molecule has 0 aromatic carbocycles. The Bertz CT molecular complexity index is 101. The molecule has 0 aliphatic carbocycles. The summed E-state index contributed by atoms with van der Waals surface area (Å²) >= 11 is 9.53. The summed E-state index contributed by atoms with van der Waals surface area (Å²) in [6, 6.07) is 0. The summed E-state index contributed by atoms with van der Waals surface area (Å²) in [5.74, 6) is 0.